The molecule has 0 aliphatic heterocycles. The topological polar surface area (TPSA) is 63.5 Å². The second kappa shape index (κ2) is 5.52. The molecule has 0 bridgehead atoms. The molecule has 0 saturated heterocycles. The number of carbonyl (C=O) groups is 1. The first-order valence-corrected chi connectivity index (χ1v) is 6.01. The second-order valence-corrected chi connectivity index (χ2v) is 5.03. The number of rotatable bonds is 4. The number of carbonyl (C=O) groups excluding carboxylic acids is 1. The SMILES string of the molecule is CN(C(=O)c1cc(F)cc([N+](=O)[O-])c1)C(C)(C)CCl. The van der Waals surface area contributed by atoms with Gasteiger partial charge in [0.05, 0.1) is 16.5 Å². The summed E-state index contributed by atoms with van der Waals surface area (Å²) < 4.78 is 13.3. The van der Waals surface area contributed by atoms with Gasteiger partial charge in [-0.1, -0.05) is 0 Å². The molecule has 1 aromatic rings. The van der Waals surface area contributed by atoms with Crippen molar-refractivity contribution in [2.45, 2.75) is 19.4 Å². The van der Waals surface area contributed by atoms with Gasteiger partial charge in [0.15, 0.2) is 0 Å². The summed E-state index contributed by atoms with van der Waals surface area (Å²) in [6.45, 7) is 3.48. The molecule has 19 heavy (non-hydrogen) atoms. The first-order valence-electron chi connectivity index (χ1n) is 5.48. The van der Waals surface area contributed by atoms with E-state index in [-0.39, 0.29) is 11.4 Å². The lowest BCUT2D eigenvalue weighted by Gasteiger charge is -2.33. The Kier molecular flexibility index (Phi) is 4.47. The Hall–Kier alpha value is -1.69. The maximum absolute atomic E-state index is 13.3. The molecule has 0 aliphatic rings. The molecule has 0 spiro atoms. The summed E-state index contributed by atoms with van der Waals surface area (Å²) in [5.41, 5.74) is -1.17. The van der Waals surface area contributed by atoms with Crippen LogP contribution in [0, 0.1) is 15.9 Å². The summed E-state index contributed by atoms with van der Waals surface area (Å²) in [5, 5.41) is 10.6. The minimum absolute atomic E-state index is 0.0765. The normalized spacial score (nSPS) is 11.2. The zero-order valence-electron chi connectivity index (χ0n) is 10.8. The molecule has 7 heteroatoms. The van der Waals surface area contributed by atoms with Crippen LogP contribution < -0.4 is 0 Å². The number of hydrogen-bond acceptors (Lipinski definition) is 3. The van der Waals surface area contributed by atoms with Gasteiger partial charge in [-0.15, -0.1) is 11.6 Å². The standard InChI is InChI=1S/C12H14ClFN2O3/c1-12(2,7-13)15(3)11(17)8-4-9(14)6-10(5-8)16(18)19/h4-6H,7H2,1-3H3. The Morgan fingerprint density at radius 3 is 2.53 bits per heavy atom. The minimum Gasteiger partial charge on any atom is -0.335 e. The van der Waals surface area contributed by atoms with E-state index in [2.05, 4.69) is 0 Å². The van der Waals surface area contributed by atoms with Gasteiger partial charge in [0.1, 0.15) is 5.82 Å². The van der Waals surface area contributed by atoms with Crippen LogP contribution >= 0.6 is 11.6 Å². The van der Waals surface area contributed by atoms with Crippen LogP contribution in [-0.4, -0.2) is 34.2 Å². The van der Waals surface area contributed by atoms with Crippen LogP contribution in [0.15, 0.2) is 18.2 Å². The van der Waals surface area contributed by atoms with Crippen molar-refractivity contribution in [2.24, 2.45) is 0 Å². The maximum Gasteiger partial charge on any atom is 0.273 e. The fourth-order valence-electron chi connectivity index (χ4n) is 1.36. The lowest BCUT2D eigenvalue weighted by atomic mass is 10.0. The van der Waals surface area contributed by atoms with Crippen LogP contribution in [0.1, 0.15) is 24.2 Å². The summed E-state index contributed by atoms with van der Waals surface area (Å²) in [7, 11) is 1.52. The van der Waals surface area contributed by atoms with Gasteiger partial charge in [0.2, 0.25) is 0 Å². The van der Waals surface area contributed by atoms with Crippen molar-refractivity contribution < 1.29 is 14.1 Å². The predicted molar refractivity (Wildman–Crippen MR) is 69.9 cm³/mol. The first kappa shape index (κ1) is 15.4. The van der Waals surface area contributed by atoms with Crippen LogP contribution in [0.5, 0.6) is 0 Å². The third-order valence-electron chi connectivity index (χ3n) is 2.88. The molecule has 1 amide bonds. The van der Waals surface area contributed by atoms with Crippen LogP contribution in [-0.2, 0) is 0 Å². The molecule has 0 atom stereocenters. The van der Waals surface area contributed by atoms with E-state index in [0.29, 0.717) is 0 Å². The van der Waals surface area contributed by atoms with Crippen LogP contribution in [0.4, 0.5) is 10.1 Å². The van der Waals surface area contributed by atoms with E-state index in [1.807, 2.05) is 0 Å². The Bertz CT molecular complexity index is 520. The lowest BCUT2D eigenvalue weighted by molar-refractivity contribution is -0.385. The number of nitro groups is 1. The smallest absolute Gasteiger partial charge is 0.273 e. The van der Waals surface area contributed by atoms with Crippen molar-refractivity contribution in [3.05, 3.63) is 39.7 Å². The Balaban J connectivity index is 3.16. The molecule has 0 saturated carbocycles. The summed E-state index contributed by atoms with van der Waals surface area (Å²) in [6, 6.07) is 2.78. The molecule has 0 heterocycles. The third-order valence-corrected chi connectivity index (χ3v) is 3.53. The third kappa shape index (κ3) is 3.41. The summed E-state index contributed by atoms with van der Waals surface area (Å²) >= 11 is 5.76. The van der Waals surface area contributed by atoms with E-state index in [0.717, 1.165) is 18.2 Å². The zero-order valence-corrected chi connectivity index (χ0v) is 11.6. The van der Waals surface area contributed by atoms with Crippen molar-refractivity contribution in [1.29, 1.82) is 0 Å². The monoisotopic (exact) mass is 288 g/mol. The van der Waals surface area contributed by atoms with Gasteiger partial charge in [-0.25, -0.2) is 4.39 Å². The van der Waals surface area contributed by atoms with E-state index < -0.39 is 27.9 Å². The van der Waals surface area contributed by atoms with E-state index in [1.54, 1.807) is 13.8 Å². The van der Waals surface area contributed by atoms with Crippen LogP contribution in [0.2, 0.25) is 0 Å². The largest absolute Gasteiger partial charge is 0.335 e. The molecule has 5 nitrogen and oxygen atoms in total. The van der Waals surface area contributed by atoms with Gasteiger partial charge in [-0.2, -0.15) is 0 Å². The Morgan fingerprint density at radius 1 is 1.47 bits per heavy atom. The molecule has 0 radical (unpaired) electrons. The summed E-state index contributed by atoms with van der Waals surface area (Å²) in [4.78, 5) is 23.4. The molecule has 0 fully saturated rings. The molecule has 0 unspecified atom stereocenters. The first-order chi connectivity index (χ1) is 8.69. The van der Waals surface area contributed by atoms with E-state index in [9.17, 15) is 19.3 Å². The molecule has 0 N–H and O–H groups in total. The summed E-state index contributed by atoms with van der Waals surface area (Å²) in [5.74, 6) is -1.16. The molecule has 1 rings (SSSR count). The molecule has 1 aromatic carbocycles. The number of alkyl halides is 1. The number of nitrogens with zero attached hydrogens (tertiary/aromatic N) is 2. The maximum atomic E-state index is 13.3. The van der Waals surface area contributed by atoms with E-state index in [4.69, 9.17) is 11.6 Å². The number of amides is 1. The van der Waals surface area contributed by atoms with E-state index in [1.165, 1.54) is 11.9 Å². The highest BCUT2D eigenvalue weighted by Gasteiger charge is 2.28. The fraction of sp³-hybridized carbons (Fsp3) is 0.417. The lowest BCUT2D eigenvalue weighted by Crippen LogP contribution is -2.46. The van der Waals surface area contributed by atoms with Crippen molar-refractivity contribution in [2.75, 3.05) is 12.9 Å². The average Bonchev–Trinajstić information content (AvgIpc) is 2.36. The average molecular weight is 289 g/mol. The van der Waals surface area contributed by atoms with Gasteiger partial charge < -0.3 is 4.90 Å². The van der Waals surface area contributed by atoms with Crippen LogP contribution in [0.25, 0.3) is 0 Å². The van der Waals surface area contributed by atoms with Crippen LogP contribution in [0.3, 0.4) is 0 Å². The van der Waals surface area contributed by atoms with Gasteiger partial charge >= 0.3 is 0 Å². The van der Waals surface area contributed by atoms with Crippen molar-refractivity contribution >= 4 is 23.2 Å². The van der Waals surface area contributed by atoms with Crippen molar-refractivity contribution in [1.82, 2.24) is 4.90 Å². The number of non-ortho nitro benzene ring substituents is 1. The number of nitro benzene ring substituents is 1. The highest BCUT2D eigenvalue weighted by molar-refractivity contribution is 6.18. The number of halogens is 2. The van der Waals surface area contributed by atoms with Gasteiger partial charge in [-0.3, -0.25) is 14.9 Å². The highest BCUT2D eigenvalue weighted by Crippen LogP contribution is 2.21. The Morgan fingerprint density at radius 2 is 2.05 bits per heavy atom. The molecule has 0 aliphatic carbocycles. The number of benzene rings is 1. The van der Waals surface area contributed by atoms with E-state index >= 15 is 0 Å². The van der Waals surface area contributed by atoms with Crippen molar-refractivity contribution in [3.63, 3.8) is 0 Å². The summed E-state index contributed by atoms with van der Waals surface area (Å²) in [6.07, 6.45) is 0. The quantitative estimate of drug-likeness (QED) is 0.486. The zero-order chi connectivity index (χ0) is 14.8. The molecular formula is C12H14ClFN2O3. The predicted octanol–water partition coefficient (Wildman–Crippen LogP) is 2.82. The van der Waals surface area contributed by atoms with Gasteiger partial charge in [-0.05, 0) is 19.9 Å². The highest BCUT2D eigenvalue weighted by atomic mass is 35.5. The van der Waals surface area contributed by atoms with Crippen molar-refractivity contribution in [3.8, 4) is 0 Å². The minimum atomic E-state index is -0.824. The molecule has 0 aromatic heterocycles. The molecular weight excluding hydrogens is 275 g/mol. The fourth-order valence-corrected chi connectivity index (χ4v) is 1.54. The number of hydrogen-bond donors (Lipinski definition) is 0. The van der Waals surface area contributed by atoms with Gasteiger partial charge in [0.25, 0.3) is 11.6 Å². The van der Waals surface area contributed by atoms with Gasteiger partial charge in [0, 0.05) is 24.6 Å². The molecule has 104 valence electrons. The second-order valence-electron chi connectivity index (χ2n) is 4.77. The Labute approximate surface area is 115 Å².